The topological polar surface area (TPSA) is 62.2 Å². The van der Waals surface area contributed by atoms with Crippen molar-refractivity contribution in [2.45, 2.75) is 26.4 Å². The van der Waals surface area contributed by atoms with Gasteiger partial charge in [0.2, 0.25) is 0 Å². The van der Waals surface area contributed by atoms with Crippen molar-refractivity contribution >= 4 is 5.97 Å². The van der Waals surface area contributed by atoms with E-state index in [2.05, 4.69) is 23.3 Å². The van der Waals surface area contributed by atoms with E-state index in [0.29, 0.717) is 18.7 Å². The van der Waals surface area contributed by atoms with E-state index in [1.807, 2.05) is 18.2 Å². The third kappa shape index (κ3) is 3.65. The van der Waals surface area contributed by atoms with Crippen molar-refractivity contribution in [2.75, 3.05) is 0 Å². The molecular weight excluding hydrogens is 252 g/mol. The normalized spacial score (nSPS) is 10.4. The molecule has 20 heavy (non-hydrogen) atoms. The largest absolute Gasteiger partial charge is 0.478 e. The van der Waals surface area contributed by atoms with E-state index in [4.69, 9.17) is 5.11 Å². The Morgan fingerprint density at radius 1 is 1.20 bits per heavy atom. The molecule has 0 bridgehead atoms. The summed E-state index contributed by atoms with van der Waals surface area (Å²) >= 11 is 0. The van der Waals surface area contributed by atoms with Gasteiger partial charge in [0.05, 0.1) is 11.3 Å². The van der Waals surface area contributed by atoms with Gasteiger partial charge in [-0.15, -0.1) is 0 Å². The van der Waals surface area contributed by atoms with Crippen molar-refractivity contribution in [3.05, 3.63) is 65.0 Å². The van der Waals surface area contributed by atoms with E-state index in [-0.39, 0.29) is 0 Å². The molecule has 0 saturated carbocycles. The first-order valence-corrected chi connectivity index (χ1v) is 6.66. The number of benzene rings is 1. The van der Waals surface area contributed by atoms with Crippen LogP contribution in [0.3, 0.4) is 0 Å². The molecule has 0 aliphatic carbocycles. The minimum atomic E-state index is -0.898. The van der Waals surface area contributed by atoms with Gasteiger partial charge >= 0.3 is 5.97 Å². The van der Waals surface area contributed by atoms with Gasteiger partial charge in [-0.25, -0.2) is 4.79 Å². The van der Waals surface area contributed by atoms with Crippen molar-refractivity contribution in [3.8, 4) is 0 Å². The molecule has 4 nitrogen and oxygen atoms in total. The van der Waals surface area contributed by atoms with Gasteiger partial charge in [-0.05, 0) is 35.7 Å². The van der Waals surface area contributed by atoms with Gasteiger partial charge < -0.3 is 10.4 Å². The lowest BCUT2D eigenvalue weighted by Crippen LogP contribution is -2.15. The van der Waals surface area contributed by atoms with E-state index in [1.54, 1.807) is 18.3 Å². The van der Waals surface area contributed by atoms with Gasteiger partial charge in [-0.1, -0.05) is 25.1 Å². The summed E-state index contributed by atoms with van der Waals surface area (Å²) in [7, 11) is 0. The van der Waals surface area contributed by atoms with Crippen LogP contribution >= 0.6 is 0 Å². The Kier molecular flexibility index (Phi) is 4.85. The number of aryl methyl sites for hydroxylation is 1. The van der Waals surface area contributed by atoms with Crippen LogP contribution in [0.5, 0.6) is 0 Å². The molecule has 1 aromatic heterocycles. The molecule has 0 spiro atoms. The Morgan fingerprint density at radius 2 is 1.95 bits per heavy atom. The second-order valence-corrected chi connectivity index (χ2v) is 4.57. The number of aromatic nitrogens is 1. The second kappa shape index (κ2) is 6.82. The van der Waals surface area contributed by atoms with Crippen LogP contribution < -0.4 is 5.32 Å². The van der Waals surface area contributed by atoms with Crippen LogP contribution in [0.1, 0.15) is 34.1 Å². The molecule has 1 heterocycles. The predicted molar refractivity (Wildman–Crippen MR) is 77.6 cm³/mol. The molecule has 0 aliphatic heterocycles. The Labute approximate surface area is 118 Å². The number of nitrogens with one attached hydrogen (secondary N) is 1. The SMILES string of the molecule is CCc1cccnc1CNCc1ccc(C(=O)O)cc1. The fourth-order valence-corrected chi connectivity index (χ4v) is 2.04. The summed E-state index contributed by atoms with van der Waals surface area (Å²) in [5, 5.41) is 12.2. The third-order valence-corrected chi connectivity index (χ3v) is 3.19. The molecule has 4 heteroatoms. The quantitative estimate of drug-likeness (QED) is 0.847. The van der Waals surface area contributed by atoms with E-state index >= 15 is 0 Å². The highest BCUT2D eigenvalue weighted by molar-refractivity contribution is 5.87. The first-order chi connectivity index (χ1) is 9.70. The highest BCUT2D eigenvalue weighted by Crippen LogP contribution is 2.07. The number of hydrogen-bond acceptors (Lipinski definition) is 3. The summed E-state index contributed by atoms with van der Waals surface area (Å²) in [4.78, 5) is 15.1. The average Bonchev–Trinajstić information content (AvgIpc) is 2.48. The zero-order chi connectivity index (χ0) is 14.4. The molecule has 0 saturated heterocycles. The van der Waals surface area contributed by atoms with E-state index in [1.165, 1.54) is 5.56 Å². The van der Waals surface area contributed by atoms with Crippen molar-refractivity contribution in [1.29, 1.82) is 0 Å². The fourth-order valence-electron chi connectivity index (χ4n) is 2.04. The number of nitrogens with zero attached hydrogens (tertiary/aromatic N) is 1. The molecule has 0 unspecified atom stereocenters. The van der Waals surface area contributed by atoms with Gasteiger partial charge in [-0.2, -0.15) is 0 Å². The molecule has 2 N–H and O–H groups in total. The number of pyridine rings is 1. The van der Waals surface area contributed by atoms with Gasteiger partial charge in [0.15, 0.2) is 0 Å². The molecule has 2 aromatic rings. The number of rotatable bonds is 6. The van der Waals surface area contributed by atoms with E-state index < -0.39 is 5.97 Å². The van der Waals surface area contributed by atoms with Crippen molar-refractivity contribution < 1.29 is 9.90 Å². The van der Waals surface area contributed by atoms with Crippen LogP contribution in [0.4, 0.5) is 0 Å². The zero-order valence-electron chi connectivity index (χ0n) is 11.5. The molecule has 0 amide bonds. The van der Waals surface area contributed by atoms with Crippen LogP contribution in [-0.4, -0.2) is 16.1 Å². The minimum Gasteiger partial charge on any atom is -0.478 e. The molecule has 0 atom stereocenters. The van der Waals surface area contributed by atoms with Gasteiger partial charge in [0.1, 0.15) is 0 Å². The van der Waals surface area contributed by atoms with Gasteiger partial charge in [0.25, 0.3) is 0 Å². The Bertz CT molecular complexity index is 579. The number of hydrogen-bond donors (Lipinski definition) is 2. The van der Waals surface area contributed by atoms with E-state index in [0.717, 1.165) is 17.7 Å². The Balaban J connectivity index is 1.91. The summed E-state index contributed by atoms with van der Waals surface area (Å²) in [5.41, 5.74) is 3.69. The van der Waals surface area contributed by atoms with Gasteiger partial charge in [0, 0.05) is 19.3 Å². The van der Waals surface area contributed by atoms with Crippen LogP contribution in [0, 0.1) is 0 Å². The number of carbonyl (C=O) groups is 1. The van der Waals surface area contributed by atoms with Crippen molar-refractivity contribution in [1.82, 2.24) is 10.3 Å². The Hall–Kier alpha value is -2.20. The van der Waals surface area contributed by atoms with Crippen molar-refractivity contribution in [2.24, 2.45) is 0 Å². The summed E-state index contributed by atoms with van der Waals surface area (Å²) < 4.78 is 0. The highest BCUT2D eigenvalue weighted by Gasteiger charge is 2.03. The molecule has 0 fully saturated rings. The summed E-state index contributed by atoms with van der Waals surface area (Å²) in [6.07, 6.45) is 2.77. The summed E-state index contributed by atoms with van der Waals surface area (Å²) in [6, 6.07) is 10.9. The lowest BCUT2D eigenvalue weighted by atomic mass is 10.1. The van der Waals surface area contributed by atoms with E-state index in [9.17, 15) is 4.79 Å². The minimum absolute atomic E-state index is 0.312. The summed E-state index contributed by atoms with van der Waals surface area (Å²) in [5.74, 6) is -0.898. The zero-order valence-corrected chi connectivity index (χ0v) is 11.5. The molecule has 1 aromatic carbocycles. The van der Waals surface area contributed by atoms with Crippen LogP contribution in [0.15, 0.2) is 42.6 Å². The number of carboxylic acid groups (broad SMARTS) is 1. The smallest absolute Gasteiger partial charge is 0.335 e. The van der Waals surface area contributed by atoms with Crippen LogP contribution in [0.25, 0.3) is 0 Å². The molecular formula is C16H18N2O2. The molecule has 2 rings (SSSR count). The van der Waals surface area contributed by atoms with Gasteiger partial charge in [-0.3, -0.25) is 4.98 Å². The standard InChI is InChI=1S/C16H18N2O2/c1-2-13-4-3-9-18-15(13)11-17-10-12-5-7-14(8-6-12)16(19)20/h3-9,17H,2,10-11H2,1H3,(H,19,20). The molecule has 104 valence electrons. The monoisotopic (exact) mass is 270 g/mol. The average molecular weight is 270 g/mol. The maximum atomic E-state index is 10.8. The highest BCUT2D eigenvalue weighted by atomic mass is 16.4. The Morgan fingerprint density at radius 3 is 2.60 bits per heavy atom. The number of carboxylic acids is 1. The first kappa shape index (κ1) is 14.2. The second-order valence-electron chi connectivity index (χ2n) is 4.57. The van der Waals surface area contributed by atoms with Crippen molar-refractivity contribution in [3.63, 3.8) is 0 Å². The summed E-state index contributed by atoms with van der Waals surface area (Å²) in [6.45, 7) is 3.52. The molecule has 0 aliphatic rings. The number of aromatic carboxylic acids is 1. The predicted octanol–water partition coefficient (Wildman–Crippen LogP) is 2.63. The van der Waals surface area contributed by atoms with Crippen LogP contribution in [0.2, 0.25) is 0 Å². The van der Waals surface area contributed by atoms with Crippen LogP contribution in [-0.2, 0) is 19.5 Å². The maximum absolute atomic E-state index is 10.8. The third-order valence-electron chi connectivity index (χ3n) is 3.19. The first-order valence-electron chi connectivity index (χ1n) is 6.66. The fraction of sp³-hybridized carbons (Fsp3) is 0.250. The maximum Gasteiger partial charge on any atom is 0.335 e. The lowest BCUT2D eigenvalue weighted by molar-refractivity contribution is 0.0697. The lowest BCUT2D eigenvalue weighted by Gasteiger charge is -2.08. The molecule has 0 radical (unpaired) electrons.